The van der Waals surface area contributed by atoms with E-state index in [1.165, 1.54) is 0 Å². The minimum Gasteiger partial charge on any atom is -0.375 e. The smallest absolute Gasteiger partial charge is 0.160 e. The normalized spacial score (nSPS) is 31.8. The van der Waals surface area contributed by atoms with Gasteiger partial charge in [-0.15, -0.1) is 5.92 Å². The van der Waals surface area contributed by atoms with Crippen molar-refractivity contribution in [2.75, 3.05) is 13.2 Å². The molecule has 0 aliphatic heterocycles. The molecule has 0 aromatic carbocycles. The summed E-state index contributed by atoms with van der Waals surface area (Å²) in [4.78, 5) is 0. The summed E-state index contributed by atoms with van der Waals surface area (Å²) in [6.07, 6.45) is -1.63. The number of hydrogen-bond acceptors (Lipinski definition) is 2. The molecule has 0 aromatic rings. The Balaban J connectivity index is 2.36. The lowest BCUT2D eigenvalue weighted by Gasteiger charge is -2.34. The van der Waals surface area contributed by atoms with E-state index in [0.717, 1.165) is 12.8 Å². The molecule has 1 saturated carbocycles. The number of ether oxygens (including phenoxy) is 2. The minimum atomic E-state index is -1.61. The highest BCUT2D eigenvalue weighted by Crippen LogP contribution is 2.29. The molecular formula is C14H22F2O2. The Morgan fingerprint density at radius 1 is 1.11 bits per heavy atom. The second-order valence-corrected chi connectivity index (χ2v) is 4.51. The SMILES string of the molecule is CC#CCOC1CCC(OCCCC)C(F)C1F. The first-order valence-corrected chi connectivity index (χ1v) is 6.61. The van der Waals surface area contributed by atoms with Gasteiger partial charge in [-0.1, -0.05) is 19.3 Å². The van der Waals surface area contributed by atoms with Crippen LogP contribution in [0.15, 0.2) is 0 Å². The highest BCUT2D eigenvalue weighted by molar-refractivity contribution is 4.96. The van der Waals surface area contributed by atoms with Gasteiger partial charge in [-0.2, -0.15) is 0 Å². The van der Waals surface area contributed by atoms with Crippen LogP contribution < -0.4 is 0 Å². The van der Waals surface area contributed by atoms with Gasteiger partial charge in [0, 0.05) is 6.61 Å². The Morgan fingerprint density at radius 2 is 1.72 bits per heavy atom. The second kappa shape index (κ2) is 8.44. The van der Waals surface area contributed by atoms with E-state index in [9.17, 15) is 8.78 Å². The molecule has 1 fully saturated rings. The Kier molecular flexibility index (Phi) is 7.22. The summed E-state index contributed by atoms with van der Waals surface area (Å²) in [5.41, 5.74) is 0. The zero-order valence-corrected chi connectivity index (χ0v) is 11.1. The fourth-order valence-corrected chi connectivity index (χ4v) is 2.01. The largest absolute Gasteiger partial charge is 0.375 e. The quantitative estimate of drug-likeness (QED) is 0.540. The molecule has 1 aliphatic rings. The molecule has 1 rings (SSSR count). The van der Waals surface area contributed by atoms with Crippen LogP contribution in [0.3, 0.4) is 0 Å². The van der Waals surface area contributed by atoms with Crippen LogP contribution in [0.5, 0.6) is 0 Å². The van der Waals surface area contributed by atoms with E-state index in [-0.39, 0.29) is 6.61 Å². The molecule has 18 heavy (non-hydrogen) atoms. The number of unbranched alkanes of at least 4 members (excludes halogenated alkanes) is 1. The summed E-state index contributed by atoms with van der Waals surface area (Å²) in [7, 11) is 0. The lowest BCUT2D eigenvalue weighted by atomic mass is 9.91. The summed E-state index contributed by atoms with van der Waals surface area (Å²) in [6.45, 7) is 4.39. The van der Waals surface area contributed by atoms with Crippen LogP contribution in [0.25, 0.3) is 0 Å². The maximum Gasteiger partial charge on any atom is 0.160 e. The molecule has 2 nitrogen and oxygen atoms in total. The summed E-state index contributed by atoms with van der Waals surface area (Å²) >= 11 is 0. The molecule has 1 aliphatic carbocycles. The average Bonchev–Trinajstić information content (AvgIpc) is 2.37. The number of halogens is 2. The Bertz CT molecular complexity index is 285. The fourth-order valence-electron chi connectivity index (χ4n) is 2.01. The van der Waals surface area contributed by atoms with Gasteiger partial charge in [0.25, 0.3) is 0 Å². The third-order valence-corrected chi connectivity index (χ3v) is 3.13. The van der Waals surface area contributed by atoms with Gasteiger partial charge >= 0.3 is 0 Å². The third-order valence-electron chi connectivity index (χ3n) is 3.13. The molecule has 0 amide bonds. The van der Waals surface area contributed by atoms with Gasteiger partial charge in [0.2, 0.25) is 0 Å². The molecule has 4 unspecified atom stereocenters. The first-order chi connectivity index (χ1) is 8.70. The first kappa shape index (κ1) is 15.4. The van der Waals surface area contributed by atoms with Gasteiger partial charge in [0.05, 0.1) is 12.2 Å². The third kappa shape index (κ3) is 4.55. The number of hydrogen-bond donors (Lipinski definition) is 0. The Labute approximate surface area is 108 Å². The van der Waals surface area contributed by atoms with Gasteiger partial charge < -0.3 is 9.47 Å². The van der Waals surface area contributed by atoms with Gasteiger partial charge in [-0.3, -0.25) is 0 Å². The molecule has 0 heterocycles. The molecule has 4 heteroatoms. The van der Waals surface area contributed by atoms with Gasteiger partial charge in [0.1, 0.15) is 6.61 Å². The first-order valence-electron chi connectivity index (χ1n) is 6.61. The fraction of sp³-hybridized carbons (Fsp3) is 0.857. The molecular weight excluding hydrogens is 238 g/mol. The van der Waals surface area contributed by atoms with Gasteiger partial charge in [-0.05, 0) is 26.2 Å². The summed E-state index contributed by atoms with van der Waals surface area (Å²) < 4.78 is 38.2. The Morgan fingerprint density at radius 3 is 2.28 bits per heavy atom. The molecule has 0 aromatic heterocycles. The van der Waals surface area contributed by atoms with Crippen LogP contribution in [0.1, 0.15) is 39.5 Å². The second-order valence-electron chi connectivity index (χ2n) is 4.51. The van der Waals surface area contributed by atoms with Crippen LogP contribution in [0.4, 0.5) is 8.78 Å². The van der Waals surface area contributed by atoms with Crippen LogP contribution in [0, 0.1) is 11.8 Å². The van der Waals surface area contributed by atoms with Crippen molar-refractivity contribution in [2.45, 2.75) is 64.1 Å². The van der Waals surface area contributed by atoms with E-state index >= 15 is 0 Å². The van der Waals surface area contributed by atoms with Gasteiger partial charge in [0.15, 0.2) is 12.3 Å². The van der Waals surface area contributed by atoms with Crippen molar-refractivity contribution in [3.05, 3.63) is 0 Å². The highest BCUT2D eigenvalue weighted by atomic mass is 19.2. The Hall–Kier alpha value is -0.660. The van der Waals surface area contributed by atoms with Crippen molar-refractivity contribution in [1.82, 2.24) is 0 Å². The number of rotatable bonds is 6. The molecule has 0 saturated heterocycles. The number of alkyl halides is 2. The standard InChI is InChI=1S/C14H22F2O2/c1-3-5-9-17-11-7-8-12(14(16)13(11)15)18-10-6-4-2/h11-14H,3,5,7-10H2,1-2H3. The van der Waals surface area contributed by atoms with E-state index in [1.807, 2.05) is 6.92 Å². The minimum absolute atomic E-state index is 0.162. The predicted molar refractivity (Wildman–Crippen MR) is 66.9 cm³/mol. The van der Waals surface area contributed by atoms with Crippen LogP contribution >= 0.6 is 0 Å². The molecule has 0 radical (unpaired) electrons. The van der Waals surface area contributed by atoms with Crippen molar-refractivity contribution < 1.29 is 18.3 Å². The van der Waals surface area contributed by atoms with Crippen molar-refractivity contribution in [3.63, 3.8) is 0 Å². The average molecular weight is 260 g/mol. The molecule has 0 N–H and O–H groups in total. The molecule has 104 valence electrons. The van der Waals surface area contributed by atoms with Crippen molar-refractivity contribution in [3.8, 4) is 11.8 Å². The maximum absolute atomic E-state index is 13.8. The maximum atomic E-state index is 13.8. The molecule has 0 bridgehead atoms. The summed E-state index contributed by atoms with van der Waals surface area (Å²) in [5.74, 6) is 5.35. The summed E-state index contributed by atoms with van der Waals surface area (Å²) in [6, 6.07) is 0. The van der Waals surface area contributed by atoms with E-state index in [0.29, 0.717) is 19.4 Å². The van der Waals surface area contributed by atoms with Gasteiger partial charge in [-0.25, -0.2) is 8.78 Å². The lowest BCUT2D eigenvalue weighted by molar-refractivity contribution is -0.113. The van der Waals surface area contributed by atoms with Crippen molar-refractivity contribution in [2.24, 2.45) is 0 Å². The zero-order chi connectivity index (χ0) is 13.4. The molecule has 0 spiro atoms. The lowest BCUT2D eigenvalue weighted by Crippen LogP contribution is -2.46. The van der Waals surface area contributed by atoms with Crippen LogP contribution in [-0.2, 0) is 9.47 Å². The van der Waals surface area contributed by atoms with E-state index in [2.05, 4.69) is 11.8 Å². The van der Waals surface area contributed by atoms with E-state index in [1.54, 1.807) is 6.92 Å². The van der Waals surface area contributed by atoms with Crippen molar-refractivity contribution in [1.29, 1.82) is 0 Å². The highest BCUT2D eigenvalue weighted by Gasteiger charge is 2.41. The van der Waals surface area contributed by atoms with Crippen LogP contribution in [0.2, 0.25) is 0 Å². The van der Waals surface area contributed by atoms with E-state index < -0.39 is 24.6 Å². The molecule has 4 atom stereocenters. The summed E-state index contributed by atoms with van der Waals surface area (Å²) in [5, 5.41) is 0. The van der Waals surface area contributed by atoms with Crippen LogP contribution in [-0.4, -0.2) is 37.8 Å². The van der Waals surface area contributed by atoms with Crippen molar-refractivity contribution >= 4 is 0 Å². The monoisotopic (exact) mass is 260 g/mol. The topological polar surface area (TPSA) is 18.5 Å². The van der Waals surface area contributed by atoms with E-state index in [4.69, 9.17) is 9.47 Å². The zero-order valence-electron chi connectivity index (χ0n) is 11.1. The predicted octanol–water partition coefficient (Wildman–Crippen LogP) is 3.05.